The molecule has 0 aliphatic carbocycles. The van der Waals surface area contributed by atoms with Gasteiger partial charge in [-0.3, -0.25) is 4.79 Å². The molecular weight excluding hydrogens is 246 g/mol. The zero-order chi connectivity index (χ0) is 13.8. The van der Waals surface area contributed by atoms with Gasteiger partial charge in [-0.2, -0.15) is 11.8 Å². The van der Waals surface area contributed by atoms with E-state index in [1.54, 1.807) is 23.9 Å². The largest absolute Gasteiger partial charge is 0.384 e. The number of rotatable bonds is 5. The monoisotopic (exact) mass is 267 g/mol. The number of nitrogen functional groups attached to an aromatic ring is 1. The number of hydrogen-bond acceptors (Lipinski definition) is 4. The van der Waals surface area contributed by atoms with Gasteiger partial charge >= 0.3 is 0 Å². The number of aryl methyl sites for hydroxylation is 1. The minimum atomic E-state index is -0.0964. The van der Waals surface area contributed by atoms with Crippen molar-refractivity contribution in [2.24, 2.45) is 0 Å². The third-order valence-electron chi connectivity index (χ3n) is 2.75. The summed E-state index contributed by atoms with van der Waals surface area (Å²) in [5.41, 5.74) is 7.10. The van der Waals surface area contributed by atoms with Gasteiger partial charge in [0.25, 0.3) is 5.91 Å². The van der Waals surface area contributed by atoms with Crippen LogP contribution >= 0.6 is 11.8 Å². The van der Waals surface area contributed by atoms with Crippen LogP contribution in [0.5, 0.6) is 0 Å². The average molecular weight is 267 g/mol. The fraction of sp³-hybridized carbons (Fsp3) is 0.538. The van der Waals surface area contributed by atoms with Gasteiger partial charge in [0.2, 0.25) is 0 Å². The second-order valence-corrected chi connectivity index (χ2v) is 6.29. The molecule has 1 heterocycles. The van der Waals surface area contributed by atoms with E-state index in [2.05, 4.69) is 24.1 Å². The molecule has 0 aromatic carbocycles. The number of amides is 1. The molecule has 0 fully saturated rings. The van der Waals surface area contributed by atoms with Gasteiger partial charge in [0.1, 0.15) is 5.82 Å². The second kappa shape index (κ2) is 6.09. The number of nitrogens with one attached hydrogen (secondary N) is 1. The topological polar surface area (TPSA) is 68.0 Å². The first-order chi connectivity index (χ1) is 8.38. The Morgan fingerprint density at radius 3 is 2.72 bits per heavy atom. The second-order valence-electron chi connectivity index (χ2n) is 4.77. The van der Waals surface area contributed by atoms with Crippen molar-refractivity contribution in [3.05, 3.63) is 23.4 Å². The fourth-order valence-corrected chi connectivity index (χ4v) is 1.61. The molecule has 0 aliphatic rings. The normalized spacial score (nSPS) is 11.3. The van der Waals surface area contributed by atoms with Gasteiger partial charge in [0, 0.05) is 22.5 Å². The van der Waals surface area contributed by atoms with Gasteiger partial charge in [0.15, 0.2) is 0 Å². The fourth-order valence-electron chi connectivity index (χ4n) is 1.39. The Labute approximate surface area is 113 Å². The molecule has 0 radical (unpaired) electrons. The number of aromatic nitrogens is 1. The van der Waals surface area contributed by atoms with Crippen molar-refractivity contribution >= 4 is 23.5 Å². The molecule has 0 unspecified atom stereocenters. The SMILES string of the molecule is CCc1cc(C(=O)NCC(C)(C)SC)cc(N)n1. The average Bonchev–Trinajstić information content (AvgIpc) is 2.35. The van der Waals surface area contributed by atoms with Crippen molar-refractivity contribution in [1.29, 1.82) is 0 Å². The lowest BCUT2D eigenvalue weighted by atomic mass is 10.1. The maximum Gasteiger partial charge on any atom is 0.251 e. The van der Waals surface area contributed by atoms with Crippen LogP contribution in [0.1, 0.15) is 36.8 Å². The number of anilines is 1. The highest BCUT2D eigenvalue weighted by atomic mass is 32.2. The Bertz CT molecular complexity index is 432. The van der Waals surface area contributed by atoms with E-state index >= 15 is 0 Å². The lowest BCUT2D eigenvalue weighted by Crippen LogP contribution is -2.36. The summed E-state index contributed by atoms with van der Waals surface area (Å²) in [4.78, 5) is 16.2. The highest BCUT2D eigenvalue weighted by molar-refractivity contribution is 7.99. The van der Waals surface area contributed by atoms with E-state index in [1.165, 1.54) is 0 Å². The molecule has 1 aromatic rings. The van der Waals surface area contributed by atoms with Crippen molar-refractivity contribution < 1.29 is 4.79 Å². The molecule has 18 heavy (non-hydrogen) atoms. The van der Waals surface area contributed by atoms with Crippen LogP contribution in [0.4, 0.5) is 5.82 Å². The molecule has 0 atom stereocenters. The Morgan fingerprint density at radius 1 is 1.50 bits per heavy atom. The third kappa shape index (κ3) is 4.22. The number of hydrogen-bond donors (Lipinski definition) is 2. The standard InChI is InChI=1S/C13H21N3OS/c1-5-10-6-9(7-11(14)16-10)12(17)15-8-13(2,3)18-4/h6-7H,5,8H2,1-4H3,(H2,14,16)(H,15,17). The van der Waals surface area contributed by atoms with Crippen LogP contribution in [0.15, 0.2) is 12.1 Å². The Kier molecular flexibility index (Phi) is 5.02. The van der Waals surface area contributed by atoms with Crippen LogP contribution in [-0.4, -0.2) is 28.4 Å². The van der Waals surface area contributed by atoms with Gasteiger partial charge in [-0.25, -0.2) is 4.98 Å². The summed E-state index contributed by atoms with van der Waals surface area (Å²) >= 11 is 1.72. The predicted octanol–water partition coefficient (Wildman–Crippen LogP) is 2.10. The van der Waals surface area contributed by atoms with Crippen molar-refractivity contribution in [3.63, 3.8) is 0 Å². The quantitative estimate of drug-likeness (QED) is 0.857. The molecule has 5 heteroatoms. The molecule has 1 rings (SSSR count). The lowest BCUT2D eigenvalue weighted by Gasteiger charge is -2.22. The molecular formula is C13H21N3OS. The molecule has 1 amide bonds. The number of pyridine rings is 1. The third-order valence-corrected chi connectivity index (χ3v) is 4.00. The summed E-state index contributed by atoms with van der Waals surface area (Å²) in [6.45, 7) is 6.80. The first-order valence-corrected chi connectivity index (χ1v) is 7.20. The molecule has 4 nitrogen and oxygen atoms in total. The maximum atomic E-state index is 12.0. The van der Waals surface area contributed by atoms with Gasteiger partial charge in [-0.05, 0) is 38.7 Å². The summed E-state index contributed by atoms with van der Waals surface area (Å²) < 4.78 is 0.0296. The maximum absolute atomic E-state index is 12.0. The molecule has 3 N–H and O–H groups in total. The van der Waals surface area contributed by atoms with Crippen molar-refractivity contribution in [3.8, 4) is 0 Å². The number of thioether (sulfide) groups is 1. The number of carbonyl (C=O) groups excluding carboxylic acids is 1. The van der Waals surface area contributed by atoms with Crippen molar-refractivity contribution in [2.45, 2.75) is 31.9 Å². The van der Waals surface area contributed by atoms with Gasteiger partial charge in [-0.15, -0.1) is 0 Å². The van der Waals surface area contributed by atoms with E-state index in [9.17, 15) is 4.79 Å². The molecule has 100 valence electrons. The van der Waals surface area contributed by atoms with E-state index in [-0.39, 0.29) is 10.7 Å². The van der Waals surface area contributed by atoms with Gasteiger partial charge in [0.05, 0.1) is 0 Å². The number of nitrogens with two attached hydrogens (primary N) is 1. The van der Waals surface area contributed by atoms with E-state index in [0.717, 1.165) is 12.1 Å². The van der Waals surface area contributed by atoms with E-state index in [1.807, 2.05) is 13.2 Å². The predicted molar refractivity (Wildman–Crippen MR) is 78.0 cm³/mol. The van der Waals surface area contributed by atoms with Gasteiger partial charge < -0.3 is 11.1 Å². The summed E-state index contributed by atoms with van der Waals surface area (Å²) in [6, 6.07) is 3.40. The van der Waals surface area contributed by atoms with Crippen LogP contribution in [0.3, 0.4) is 0 Å². The highest BCUT2D eigenvalue weighted by Crippen LogP contribution is 2.19. The Balaban J connectivity index is 2.75. The highest BCUT2D eigenvalue weighted by Gasteiger charge is 2.17. The van der Waals surface area contributed by atoms with Crippen LogP contribution in [0.2, 0.25) is 0 Å². The molecule has 0 bridgehead atoms. The van der Waals surface area contributed by atoms with Crippen LogP contribution in [-0.2, 0) is 6.42 Å². The molecule has 0 aliphatic heterocycles. The number of nitrogens with zero attached hydrogens (tertiary/aromatic N) is 1. The first-order valence-electron chi connectivity index (χ1n) is 5.97. The van der Waals surface area contributed by atoms with Crippen molar-refractivity contribution in [2.75, 3.05) is 18.5 Å². The van der Waals surface area contributed by atoms with E-state index in [4.69, 9.17) is 5.73 Å². The zero-order valence-corrected chi connectivity index (χ0v) is 12.2. The smallest absolute Gasteiger partial charge is 0.251 e. The molecule has 0 saturated heterocycles. The van der Waals surface area contributed by atoms with Crippen LogP contribution in [0, 0.1) is 0 Å². The lowest BCUT2D eigenvalue weighted by molar-refractivity contribution is 0.0950. The summed E-state index contributed by atoms with van der Waals surface area (Å²) in [5.74, 6) is 0.296. The van der Waals surface area contributed by atoms with E-state index in [0.29, 0.717) is 17.9 Å². The molecule has 1 aromatic heterocycles. The van der Waals surface area contributed by atoms with Crippen LogP contribution < -0.4 is 11.1 Å². The minimum absolute atomic E-state index is 0.0296. The first kappa shape index (κ1) is 14.8. The summed E-state index contributed by atoms with van der Waals surface area (Å²) in [6.07, 6.45) is 2.80. The Morgan fingerprint density at radius 2 is 2.17 bits per heavy atom. The zero-order valence-electron chi connectivity index (χ0n) is 11.4. The Hall–Kier alpha value is -1.23. The van der Waals surface area contributed by atoms with E-state index < -0.39 is 0 Å². The van der Waals surface area contributed by atoms with Crippen molar-refractivity contribution in [1.82, 2.24) is 10.3 Å². The summed E-state index contributed by atoms with van der Waals surface area (Å²) in [5, 5.41) is 2.93. The van der Waals surface area contributed by atoms with Gasteiger partial charge in [-0.1, -0.05) is 6.92 Å². The molecule has 0 spiro atoms. The number of carbonyl (C=O) groups is 1. The molecule has 0 saturated carbocycles. The summed E-state index contributed by atoms with van der Waals surface area (Å²) in [7, 11) is 0. The minimum Gasteiger partial charge on any atom is -0.384 e. The van der Waals surface area contributed by atoms with Crippen LogP contribution in [0.25, 0.3) is 0 Å².